The van der Waals surface area contributed by atoms with Gasteiger partial charge in [-0.2, -0.15) is 0 Å². The molecule has 0 unspecified atom stereocenters. The fraction of sp³-hybridized carbons (Fsp3) is 0.368. The summed E-state index contributed by atoms with van der Waals surface area (Å²) < 4.78 is 13.0. The molecule has 3 rings (SSSR count). The van der Waals surface area contributed by atoms with Crippen LogP contribution in [0.2, 0.25) is 5.02 Å². The van der Waals surface area contributed by atoms with Gasteiger partial charge < -0.3 is 15.1 Å². The summed E-state index contributed by atoms with van der Waals surface area (Å²) >= 11 is 5.90. The minimum absolute atomic E-state index is 0.308. The van der Waals surface area contributed by atoms with Crippen molar-refractivity contribution in [1.82, 2.24) is 4.90 Å². The summed E-state index contributed by atoms with van der Waals surface area (Å²) in [4.78, 5) is 2.12. The van der Waals surface area contributed by atoms with Crippen LogP contribution in [0.5, 0.6) is 0 Å². The summed E-state index contributed by atoms with van der Waals surface area (Å²) in [6, 6.07) is 13.2. The van der Waals surface area contributed by atoms with Gasteiger partial charge >= 0.3 is 0 Å². The largest absolute Gasteiger partial charge is 0.387 e. The number of nitrogens with zero attached hydrogens (tertiary/aromatic N) is 1. The Bertz CT molecular complexity index is 667. The lowest BCUT2D eigenvalue weighted by atomic mass is 9.84. The Morgan fingerprint density at radius 3 is 2.21 bits per heavy atom. The molecule has 1 heterocycles. The molecule has 128 valence electrons. The van der Waals surface area contributed by atoms with Crippen LogP contribution in [0, 0.1) is 5.82 Å². The Hall–Kier alpha value is -1.46. The van der Waals surface area contributed by atoms with Gasteiger partial charge in [-0.1, -0.05) is 35.9 Å². The Morgan fingerprint density at radius 2 is 1.62 bits per heavy atom. The average molecular weight is 350 g/mol. The Labute approximate surface area is 146 Å². The molecule has 0 saturated carbocycles. The highest BCUT2D eigenvalue weighted by Crippen LogP contribution is 2.33. The maximum Gasteiger partial charge on any atom is 0.123 e. The molecule has 0 amide bonds. The minimum Gasteiger partial charge on any atom is -0.387 e. The van der Waals surface area contributed by atoms with E-state index in [-0.39, 0.29) is 5.82 Å². The van der Waals surface area contributed by atoms with Crippen molar-refractivity contribution in [3.05, 3.63) is 70.5 Å². The van der Waals surface area contributed by atoms with Crippen molar-refractivity contribution in [3.63, 3.8) is 0 Å². The SMILES string of the molecule is O[C@@H](CN1CCC(O)(c2ccc(Cl)cc2)CC1)c1ccc(F)cc1. The predicted molar refractivity (Wildman–Crippen MR) is 92.4 cm³/mol. The van der Waals surface area contributed by atoms with Crippen LogP contribution in [0.15, 0.2) is 48.5 Å². The van der Waals surface area contributed by atoms with Gasteiger partial charge in [-0.15, -0.1) is 0 Å². The first-order chi connectivity index (χ1) is 11.5. The monoisotopic (exact) mass is 349 g/mol. The van der Waals surface area contributed by atoms with E-state index in [1.165, 1.54) is 12.1 Å². The van der Waals surface area contributed by atoms with Crippen LogP contribution in [0.1, 0.15) is 30.1 Å². The number of aliphatic hydroxyl groups is 2. The highest BCUT2D eigenvalue weighted by Gasteiger charge is 2.34. The van der Waals surface area contributed by atoms with E-state index in [0.29, 0.717) is 43.1 Å². The molecule has 0 spiro atoms. The van der Waals surface area contributed by atoms with Gasteiger partial charge in [0.05, 0.1) is 11.7 Å². The fourth-order valence-corrected chi connectivity index (χ4v) is 3.32. The number of piperidine rings is 1. The quantitative estimate of drug-likeness (QED) is 0.888. The summed E-state index contributed by atoms with van der Waals surface area (Å²) in [6.45, 7) is 1.86. The Balaban J connectivity index is 1.58. The summed E-state index contributed by atoms with van der Waals surface area (Å²) in [6.07, 6.45) is 0.544. The maximum atomic E-state index is 13.0. The smallest absolute Gasteiger partial charge is 0.123 e. The first-order valence-corrected chi connectivity index (χ1v) is 8.48. The van der Waals surface area contributed by atoms with E-state index in [2.05, 4.69) is 4.90 Å². The topological polar surface area (TPSA) is 43.7 Å². The van der Waals surface area contributed by atoms with Gasteiger partial charge in [0.25, 0.3) is 0 Å². The number of likely N-dealkylation sites (tertiary alicyclic amines) is 1. The number of hydrogen-bond acceptors (Lipinski definition) is 3. The predicted octanol–water partition coefficient (Wildman–Crippen LogP) is 3.50. The first kappa shape index (κ1) is 17.4. The van der Waals surface area contributed by atoms with Crippen molar-refractivity contribution < 1.29 is 14.6 Å². The van der Waals surface area contributed by atoms with Crippen LogP contribution in [0.3, 0.4) is 0 Å². The van der Waals surface area contributed by atoms with Gasteiger partial charge in [0.15, 0.2) is 0 Å². The number of rotatable bonds is 4. The van der Waals surface area contributed by atoms with Crippen LogP contribution >= 0.6 is 11.6 Å². The third kappa shape index (κ3) is 3.95. The van der Waals surface area contributed by atoms with Crippen molar-refractivity contribution in [3.8, 4) is 0 Å². The fourth-order valence-electron chi connectivity index (χ4n) is 3.19. The minimum atomic E-state index is -0.845. The van der Waals surface area contributed by atoms with E-state index in [9.17, 15) is 14.6 Å². The highest BCUT2D eigenvalue weighted by molar-refractivity contribution is 6.30. The molecule has 0 aromatic heterocycles. The number of benzene rings is 2. The zero-order chi connectivity index (χ0) is 17.2. The molecule has 0 bridgehead atoms. The second-order valence-corrected chi connectivity index (χ2v) is 6.84. The third-order valence-corrected chi connectivity index (χ3v) is 5.00. The Kier molecular flexibility index (Phi) is 5.21. The van der Waals surface area contributed by atoms with E-state index >= 15 is 0 Å². The van der Waals surface area contributed by atoms with E-state index < -0.39 is 11.7 Å². The molecule has 5 heteroatoms. The zero-order valence-electron chi connectivity index (χ0n) is 13.3. The molecule has 24 heavy (non-hydrogen) atoms. The zero-order valence-corrected chi connectivity index (χ0v) is 14.1. The lowest BCUT2D eigenvalue weighted by Gasteiger charge is -2.39. The summed E-state index contributed by atoms with van der Waals surface area (Å²) in [5, 5.41) is 21.8. The van der Waals surface area contributed by atoms with Crippen molar-refractivity contribution in [2.75, 3.05) is 19.6 Å². The molecule has 2 N–H and O–H groups in total. The Morgan fingerprint density at radius 1 is 1.04 bits per heavy atom. The van der Waals surface area contributed by atoms with Gasteiger partial charge in [0.2, 0.25) is 0 Å². The van der Waals surface area contributed by atoms with Gasteiger partial charge in [0, 0.05) is 24.7 Å². The second-order valence-electron chi connectivity index (χ2n) is 6.41. The number of halogens is 2. The molecule has 0 aliphatic carbocycles. The van der Waals surface area contributed by atoms with Crippen LogP contribution in [-0.4, -0.2) is 34.7 Å². The van der Waals surface area contributed by atoms with E-state index in [1.807, 2.05) is 12.1 Å². The molecule has 0 radical (unpaired) electrons. The maximum absolute atomic E-state index is 13.0. The van der Waals surface area contributed by atoms with Crippen LogP contribution in [0.4, 0.5) is 4.39 Å². The summed E-state index contributed by atoms with van der Waals surface area (Å²) in [5.74, 6) is -0.308. The standard InChI is InChI=1S/C19H21ClFNO2/c20-16-5-3-15(4-6-16)19(24)9-11-22(12-10-19)13-18(23)14-1-7-17(21)8-2-14/h1-8,18,23-24H,9-13H2/t18-/m0/s1. The van der Waals surface area contributed by atoms with Crippen LogP contribution < -0.4 is 0 Å². The van der Waals surface area contributed by atoms with Crippen LogP contribution in [-0.2, 0) is 5.60 Å². The highest BCUT2D eigenvalue weighted by atomic mass is 35.5. The van der Waals surface area contributed by atoms with Gasteiger partial charge in [-0.05, 0) is 48.2 Å². The van der Waals surface area contributed by atoms with E-state index in [0.717, 1.165) is 5.56 Å². The number of β-amino-alcohol motifs (C(OH)–C–C–N with tert-alkyl or cyclic N) is 1. The van der Waals surface area contributed by atoms with Crippen molar-refractivity contribution in [1.29, 1.82) is 0 Å². The molecule has 2 aromatic rings. The molecular weight excluding hydrogens is 329 g/mol. The van der Waals surface area contributed by atoms with E-state index in [1.54, 1.807) is 24.3 Å². The number of aliphatic hydroxyl groups excluding tert-OH is 1. The van der Waals surface area contributed by atoms with E-state index in [4.69, 9.17) is 11.6 Å². The normalized spacial score (nSPS) is 19.2. The van der Waals surface area contributed by atoms with Crippen molar-refractivity contribution >= 4 is 11.6 Å². The molecule has 1 aliphatic rings. The molecule has 3 nitrogen and oxygen atoms in total. The molecule has 1 saturated heterocycles. The number of hydrogen-bond donors (Lipinski definition) is 2. The lowest BCUT2D eigenvalue weighted by molar-refractivity contribution is -0.0344. The lowest BCUT2D eigenvalue weighted by Crippen LogP contribution is -2.43. The first-order valence-electron chi connectivity index (χ1n) is 8.11. The van der Waals surface area contributed by atoms with Crippen molar-refractivity contribution in [2.24, 2.45) is 0 Å². The summed E-state index contributed by atoms with van der Waals surface area (Å²) in [7, 11) is 0. The van der Waals surface area contributed by atoms with Crippen LogP contribution in [0.25, 0.3) is 0 Å². The summed E-state index contributed by atoms with van der Waals surface area (Å²) in [5.41, 5.74) is 0.739. The third-order valence-electron chi connectivity index (χ3n) is 4.75. The molecular formula is C19H21ClFNO2. The van der Waals surface area contributed by atoms with Gasteiger partial charge in [-0.25, -0.2) is 4.39 Å². The second kappa shape index (κ2) is 7.19. The van der Waals surface area contributed by atoms with Crippen molar-refractivity contribution in [2.45, 2.75) is 24.5 Å². The average Bonchev–Trinajstić information content (AvgIpc) is 2.58. The molecule has 2 aromatic carbocycles. The molecule has 1 fully saturated rings. The molecule has 1 atom stereocenters. The molecule has 1 aliphatic heterocycles. The van der Waals surface area contributed by atoms with Gasteiger partial charge in [0.1, 0.15) is 5.82 Å². The van der Waals surface area contributed by atoms with Gasteiger partial charge in [-0.3, -0.25) is 0 Å².